The first-order valence-corrected chi connectivity index (χ1v) is 7.63. The molecule has 4 rings (SSSR count). The Morgan fingerprint density at radius 1 is 0.952 bits per heavy atom. The lowest BCUT2D eigenvalue weighted by atomic mass is 10.2. The second-order valence-corrected chi connectivity index (χ2v) is 6.06. The molecule has 0 aliphatic heterocycles. The average Bonchev–Trinajstić information content (AvgIpc) is 3.08. The molecule has 2 nitrogen and oxygen atoms in total. The molecule has 21 heavy (non-hydrogen) atoms. The van der Waals surface area contributed by atoms with Crippen molar-refractivity contribution < 1.29 is 0 Å². The molecule has 2 aromatic heterocycles. The quantitative estimate of drug-likeness (QED) is 0.522. The molecule has 2 aromatic carbocycles. The fourth-order valence-corrected chi connectivity index (χ4v) is 3.78. The van der Waals surface area contributed by atoms with Crippen molar-refractivity contribution in [1.82, 2.24) is 4.57 Å². The van der Waals surface area contributed by atoms with Crippen molar-refractivity contribution in [2.24, 2.45) is 0 Å². The van der Waals surface area contributed by atoms with Crippen LogP contribution in [0.4, 0.5) is 0 Å². The molecular formula is C18H12N2S. The van der Waals surface area contributed by atoms with Gasteiger partial charge in [0.15, 0.2) is 0 Å². The summed E-state index contributed by atoms with van der Waals surface area (Å²) in [6.45, 7) is 0.830. The van der Waals surface area contributed by atoms with Crippen LogP contribution in [-0.2, 0) is 6.54 Å². The van der Waals surface area contributed by atoms with Crippen LogP contribution in [0.2, 0.25) is 0 Å². The van der Waals surface area contributed by atoms with Gasteiger partial charge in [0.05, 0.1) is 5.52 Å². The van der Waals surface area contributed by atoms with E-state index in [1.54, 1.807) is 11.3 Å². The van der Waals surface area contributed by atoms with E-state index >= 15 is 0 Å². The SMILES string of the molecule is N#Cc1cc2c3ccccc3n(Cc3ccccc3)c2s1. The molecule has 0 bridgehead atoms. The first kappa shape index (κ1) is 12.2. The highest BCUT2D eigenvalue weighted by Gasteiger charge is 2.13. The van der Waals surface area contributed by atoms with Crippen LogP contribution in [-0.4, -0.2) is 4.57 Å². The number of benzene rings is 2. The van der Waals surface area contributed by atoms with Crippen molar-refractivity contribution in [1.29, 1.82) is 5.26 Å². The Kier molecular flexibility index (Phi) is 2.77. The van der Waals surface area contributed by atoms with E-state index in [4.69, 9.17) is 5.26 Å². The van der Waals surface area contributed by atoms with Crippen molar-refractivity contribution in [2.45, 2.75) is 6.54 Å². The molecule has 3 heteroatoms. The first-order chi connectivity index (χ1) is 10.4. The molecule has 0 unspecified atom stereocenters. The molecule has 0 aliphatic carbocycles. The largest absolute Gasteiger partial charge is 0.328 e. The van der Waals surface area contributed by atoms with Gasteiger partial charge in [0.1, 0.15) is 15.8 Å². The molecular weight excluding hydrogens is 276 g/mol. The topological polar surface area (TPSA) is 28.7 Å². The van der Waals surface area contributed by atoms with Crippen molar-refractivity contribution >= 4 is 32.5 Å². The van der Waals surface area contributed by atoms with Crippen LogP contribution in [0.3, 0.4) is 0 Å². The summed E-state index contributed by atoms with van der Waals surface area (Å²) in [5.74, 6) is 0. The minimum atomic E-state index is 0.771. The molecule has 0 radical (unpaired) electrons. The van der Waals surface area contributed by atoms with Crippen molar-refractivity contribution in [2.75, 3.05) is 0 Å². The third kappa shape index (κ3) is 1.93. The minimum Gasteiger partial charge on any atom is -0.328 e. The molecule has 0 saturated carbocycles. The van der Waals surface area contributed by atoms with E-state index in [1.165, 1.54) is 26.7 Å². The lowest BCUT2D eigenvalue weighted by Gasteiger charge is -2.06. The van der Waals surface area contributed by atoms with E-state index in [9.17, 15) is 0 Å². The van der Waals surface area contributed by atoms with E-state index in [1.807, 2.05) is 12.1 Å². The second-order valence-electron chi connectivity index (χ2n) is 5.03. The van der Waals surface area contributed by atoms with Crippen LogP contribution in [0.1, 0.15) is 10.4 Å². The van der Waals surface area contributed by atoms with Crippen LogP contribution in [0.15, 0.2) is 60.7 Å². The Morgan fingerprint density at radius 3 is 2.52 bits per heavy atom. The summed E-state index contributed by atoms with van der Waals surface area (Å²) in [5, 5.41) is 11.6. The molecule has 0 spiro atoms. The highest BCUT2D eigenvalue weighted by molar-refractivity contribution is 7.19. The molecule has 0 saturated heterocycles. The van der Waals surface area contributed by atoms with Gasteiger partial charge >= 0.3 is 0 Å². The maximum absolute atomic E-state index is 9.16. The summed E-state index contributed by atoms with van der Waals surface area (Å²) in [6, 6.07) is 23.1. The summed E-state index contributed by atoms with van der Waals surface area (Å²) in [6.07, 6.45) is 0. The van der Waals surface area contributed by atoms with Gasteiger partial charge in [0.2, 0.25) is 0 Å². The van der Waals surface area contributed by atoms with Crippen LogP contribution in [0.25, 0.3) is 21.1 Å². The Hall–Kier alpha value is -2.57. The zero-order valence-electron chi connectivity index (χ0n) is 11.3. The number of fused-ring (bicyclic) bond motifs is 3. The highest BCUT2D eigenvalue weighted by atomic mass is 32.1. The fraction of sp³-hybridized carbons (Fsp3) is 0.0556. The van der Waals surface area contributed by atoms with Gasteiger partial charge < -0.3 is 4.57 Å². The summed E-state index contributed by atoms with van der Waals surface area (Å²) in [7, 11) is 0. The van der Waals surface area contributed by atoms with Crippen LogP contribution in [0.5, 0.6) is 0 Å². The first-order valence-electron chi connectivity index (χ1n) is 6.81. The van der Waals surface area contributed by atoms with Gasteiger partial charge in [-0.05, 0) is 17.7 Å². The summed E-state index contributed by atoms with van der Waals surface area (Å²) >= 11 is 1.57. The van der Waals surface area contributed by atoms with E-state index in [0.29, 0.717) is 0 Å². The van der Waals surface area contributed by atoms with Crippen LogP contribution < -0.4 is 0 Å². The number of nitrogens with zero attached hydrogens (tertiary/aromatic N) is 2. The van der Waals surface area contributed by atoms with Gasteiger partial charge in [-0.3, -0.25) is 0 Å². The number of rotatable bonds is 2. The Bertz CT molecular complexity index is 971. The maximum atomic E-state index is 9.16. The van der Waals surface area contributed by atoms with E-state index in [0.717, 1.165) is 11.4 Å². The van der Waals surface area contributed by atoms with Gasteiger partial charge in [-0.2, -0.15) is 5.26 Å². The minimum absolute atomic E-state index is 0.771. The molecule has 100 valence electrons. The van der Waals surface area contributed by atoms with E-state index < -0.39 is 0 Å². The Labute approximate surface area is 126 Å². The molecule has 0 atom stereocenters. The number of hydrogen-bond donors (Lipinski definition) is 0. The monoisotopic (exact) mass is 288 g/mol. The third-order valence-corrected chi connectivity index (χ3v) is 4.80. The maximum Gasteiger partial charge on any atom is 0.110 e. The number of nitriles is 1. The number of hydrogen-bond acceptors (Lipinski definition) is 2. The molecule has 0 fully saturated rings. The molecule has 0 N–H and O–H groups in total. The van der Waals surface area contributed by atoms with Crippen molar-refractivity contribution in [3.05, 3.63) is 71.1 Å². The lowest BCUT2D eigenvalue weighted by Crippen LogP contribution is -1.97. The van der Waals surface area contributed by atoms with Gasteiger partial charge in [0.25, 0.3) is 0 Å². The van der Waals surface area contributed by atoms with Gasteiger partial charge in [-0.25, -0.2) is 0 Å². The highest BCUT2D eigenvalue weighted by Crippen LogP contribution is 2.35. The molecule has 0 amide bonds. The second kappa shape index (κ2) is 4.76. The number of thiophene rings is 1. The predicted octanol–water partition coefficient (Wildman–Crippen LogP) is 4.78. The Morgan fingerprint density at radius 2 is 1.71 bits per heavy atom. The lowest BCUT2D eigenvalue weighted by molar-refractivity contribution is 0.875. The normalized spacial score (nSPS) is 11.0. The predicted molar refractivity (Wildman–Crippen MR) is 87.6 cm³/mol. The summed E-state index contributed by atoms with van der Waals surface area (Å²) in [5.41, 5.74) is 2.50. The average molecular weight is 288 g/mol. The summed E-state index contributed by atoms with van der Waals surface area (Å²) in [4.78, 5) is 1.95. The Balaban J connectivity index is 2.00. The summed E-state index contributed by atoms with van der Waals surface area (Å²) < 4.78 is 2.31. The zero-order chi connectivity index (χ0) is 14.2. The third-order valence-electron chi connectivity index (χ3n) is 3.74. The smallest absolute Gasteiger partial charge is 0.110 e. The number of para-hydroxylation sites is 1. The zero-order valence-corrected chi connectivity index (χ0v) is 12.1. The molecule has 0 aliphatic rings. The number of aromatic nitrogens is 1. The molecule has 2 heterocycles. The van der Waals surface area contributed by atoms with Gasteiger partial charge in [-0.1, -0.05) is 48.5 Å². The van der Waals surface area contributed by atoms with Gasteiger partial charge in [0, 0.05) is 17.3 Å². The molecule has 4 aromatic rings. The van der Waals surface area contributed by atoms with Gasteiger partial charge in [-0.15, -0.1) is 11.3 Å². The fourth-order valence-electron chi connectivity index (χ4n) is 2.80. The standard InChI is InChI=1S/C18H12N2S/c19-11-14-10-16-15-8-4-5-9-17(15)20(18(16)21-14)12-13-6-2-1-3-7-13/h1-10H,12H2. The van der Waals surface area contributed by atoms with Crippen LogP contribution in [0, 0.1) is 11.3 Å². The van der Waals surface area contributed by atoms with Crippen LogP contribution >= 0.6 is 11.3 Å². The van der Waals surface area contributed by atoms with Crippen molar-refractivity contribution in [3.8, 4) is 6.07 Å². The van der Waals surface area contributed by atoms with E-state index in [2.05, 4.69) is 59.2 Å². The van der Waals surface area contributed by atoms with E-state index in [-0.39, 0.29) is 0 Å². The van der Waals surface area contributed by atoms with Crippen molar-refractivity contribution in [3.63, 3.8) is 0 Å².